The first-order valence-corrected chi connectivity index (χ1v) is 11.7. The number of carbonyl (C=O) groups is 1. The van der Waals surface area contributed by atoms with E-state index in [-0.39, 0.29) is 6.79 Å². The number of fused-ring (bicyclic) bond motifs is 3. The first-order chi connectivity index (χ1) is 17.1. The van der Waals surface area contributed by atoms with Gasteiger partial charge in [0.1, 0.15) is 5.41 Å². The Kier molecular flexibility index (Phi) is 4.96. The molecule has 0 spiro atoms. The van der Waals surface area contributed by atoms with Gasteiger partial charge in [0, 0.05) is 5.92 Å². The summed E-state index contributed by atoms with van der Waals surface area (Å²) in [7, 11) is 0. The SMILES string of the molecule is C[C@](C(=O)O)(c1ccc2c(c1)OCO2)C(c1cccc2ccccc12)c1cccc2ccccc12. The standard InChI is InChI=1S/C31H24O4/c1-31(30(32)33,22-16-17-27-28(18-22)35-19-34-27)29(25-14-6-10-20-8-2-4-12-23(20)25)26-15-7-11-21-9-3-5-13-24(21)26/h2-18,29H,19H2,1H3,(H,32,33)/t31-/m0/s1. The zero-order valence-corrected chi connectivity index (χ0v) is 19.3. The number of carboxylic acids is 1. The molecular weight excluding hydrogens is 436 g/mol. The van der Waals surface area contributed by atoms with E-state index in [9.17, 15) is 9.90 Å². The smallest absolute Gasteiger partial charge is 0.314 e. The van der Waals surface area contributed by atoms with Gasteiger partial charge in [-0.25, -0.2) is 0 Å². The maximum Gasteiger partial charge on any atom is 0.314 e. The molecule has 0 unspecified atom stereocenters. The minimum absolute atomic E-state index is 0.138. The molecular formula is C31H24O4. The van der Waals surface area contributed by atoms with Crippen molar-refractivity contribution in [2.45, 2.75) is 18.3 Å². The lowest BCUT2D eigenvalue weighted by Gasteiger charge is -2.36. The number of aliphatic carboxylic acids is 1. The lowest BCUT2D eigenvalue weighted by molar-refractivity contribution is -0.143. The van der Waals surface area contributed by atoms with Gasteiger partial charge < -0.3 is 14.6 Å². The average Bonchev–Trinajstić information content (AvgIpc) is 3.37. The third-order valence-corrected chi connectivity index (χ3v) is 7.26. The van der Waals surface area contributed by atoms with Crippen LogP contribution in [0.4, 0.5) is 0 Å². The second kappa shape index (κ2) is 8.17. The highest BCUT2D eigenvalue weighted by molar-refractivity contribution is 5.94. The van der Waals surface area contributed by atoms with Gasteiger partial charge in [0.05, 0.1) is 0 Å². The van der Waals surface area contributed by atoms with Crippen molar-refractivity contribution in [1.82, 2.24) is 0 Å². The minimum atomic E-state index is -1.30. The molecule has 1 N–H and O–H groups in total. The van der Waals surface area contributed by atoms with Crippen LogP contribution in [0, 0.1) is 0 Å². The lowest BCUT2D eigenvalue weighted by Crippen LogP contribution is -2.39. The van der Waals surface area contributed by atoms with Crippen LogP contribution in [0.5, 0.6) is 11.5 Å². The van der Waals surface area contributed by atoms with Crippen LogP contribution < -0.4 is 9.47 Å². The second-order valence-electron chi connectivity index (χ2n) is 9.15. The quantitative estimate of drug-likeness (QED) is 0.310. The topological polar surface area (TPSA) is 55.8 Å². The fraction of sp³-hybridized carbons (Fsp3) is 0.129. The highest BCUT2D eigenvalue weighted by Crippen LogP contribution is 2.49. The van der Waals surface area contributed by atoms with Gasteiger partial charge in [0.2, 0.25) is 6.79 Å². The molecule has 6 rings (SSSR count). The summed E-state index contributed by atoms with van der Waals surface area (Å²) in [6, 6.07) is 34.1. The van der Waals surface area contributed by atoms with Gasteiger partial charge in [-0.3, -0.25) is 4.79 Å². The Hall–Kier alpha value is -4.31. The van der Waals surface area contributed by atoms with E-state index in [1.54, 1.807) is 0 Å². The summed E-state index contributed by atoms with van der Waals surface area (Å²) in [6.45, 7) is 1.96. The van der Waals surface area contributed by atoms with Crippen LogP contribution in [0.2, 0.25) is 0 Å². The molecule has 35 heavy (non-hydrogen) atoms. The predicted octanol–water partition coefficient (Wildman–Crippen LogP) is 6.90. The zero-order chi connectivity index (χ0) is 24.0. The molecule has 0 saturated carbocycles. The zero-order valence-electron chi connectivity index (χ0n) is 19.3. The van der Waals surface area contributed by atoms with E-state index in [4.69, 9.17) is 9.47 Å². The van der Waals surface area contributed by atoms with Crippen molar-refractivity contribution in [2.24, 2.45) is 0 Å². The fourth-order valence-corrected chi connectivity index (χ4v) is 5.43. The summed E-state index contributed by atoms with van der Waals surface area (Å²) >= 11 is 0. The van der Waals surface area contributed by atoms with Crippen LogP contribution >= 0.6 is 0 Å². The number of hydrogen-bond acceptors (Lipinski definition) is 3. The van der Waals surface area contributed by atoms with Crippen LogP contribution in [0.1, 0.15) is 29.5 Å². The van der Waals surface area contributed by atoms with Gasteiger partial charge in [-0.15, -0.1) is 0 Å². The van der Waals surface area contributed by atoms with E-state index in [0.717, 1.165) is 32.7 Å². The largest absolute Gasteiger partial charge is 0.481 e. The molecule has 0 aliphatic carbocycles. The van der Waals surface area contributed by atoms with Crippen LogP contribution in [0.15, 0.2) is 103 Å². The molecule has 0 bridgehead atoms. The number of ether oxygens (including phenoxy) is 2. The molecule has 172 valence electrons. The van der Waals surface area contributed by atoms with Crippen molar-refractivity contribution in [3.8, 4) is 11.5 Å². The number of carboxylic acid groups (broad SMARTS) is 1. The number of rotatable bonds is 5. The van der Waals surface area contributed by atoms with Crippen LogP contribution in [-0.4, -0.2) is 17.9 Å². The Labute approximate surface area is 203 Å². The second-order valence-corrected chi connectivity index (χ2v) is 9.15. The minimum Gasteiger partial charge on any atom is -0.481 e. The first-order valence-electron chi connectivity index (χ1n) is 11.7. The van der Waals surface area contributed by atoms with Crippen LogP contribution in [0.25, 0.3) is 21.5 Å². The molecule has 1 atom stereocenters. The molecule has 0 fully saturated rings. The van der Waals surface area contributed by atoms with Crippen molar-refractivity contribution in [1.29, 1.82) is 0 Å². The van der Waals surface area contributed by atoms with E-state index >= 15 is 0 Å². The molecule has 4 nitrogen and oxygen atoms in total. The summed E-state index contributed by atoms with van der Waals surface area (Å²) < 4.78 is 11.1. The van der Waals surface area contributed by atoms with Gasteiger partial charge in [0.25, 0.3) is 0 Å². The fourth-order valence-electron chi connectivity index (χ4n) is 5.43. The molecule has 4 heteroatoms. The highest BCUT2D eigenvalue weighted by atomic mass is 16.7. The van der Waals surface area contributed by atoms with Gasteiger partial charge in [-0.2, -0.15) is 0 Å². The third kappa shape index (κ3) is 3.33. The van der Waals surface area contributed by atoms with Crippen molar-refractivity contribution in [3.05, 3.63) is 120 Å². The number of hydrogen-bond donors (Lipinski definition) is 1. The summed E-state index contributed by atoms with van der Waals surface area (Å²) in [5.41, 5.74) is 1.32. The molecule has 1 aliphatic heterocycles. The Bertz CT molecular complexity index is 1500. The summed E-state index contributed by atoms with van der Waals surface area (Å²) in [5, 5.41) is 15.1. The average molecular weight is 461 g/mol. The van der Waals surface area contributed by atoms with Crippen molar-refractivity contribution in [3.63, 3.8) is 0 Å². The summed E-state index contributed by atoms with van der Waals surface area (Å²) in [6.07, 6.45) is 0. The maximum atomic E-state index is 13.3. The van der Waals surface area contributed by atoms with Gasteiger partial charge in [-0.05, 0) is 57.3 Å². The van der Waals surface area contributed by atoms with Crippen molar-refractivity contribution in [2.75, 3.05) is 6.79 Å². The Morgan fingerprint density at radius 3 is 1.89 bits per heavy atom. The number of benzene rings is 5. The van der Waals surface area contributed by atoms with Crippen LogP contribution in [-0.2, 0) is 10.2 Å². The lowest BCUT2D eigenvalue weighted by atomic mass is 9.64. The molecule has 5 aromatic carbocycles. The van der Waals surface area contributed by atoms with E-state index in [0.29, 0.717) is 17.1 Å². The van der Waals surface area contributed by atoms with E-state index in [1.807, 2.05) is 61.5 Å². The predicted molar refractivity (Wildman–Crippen MR) is 137 cm³/mol. The van der Waals surface area contributed by atoms with Crippen molar-refractivity contribution >= 4 is 27.5 Å². The molecule has 0 aromatic heterocycles. The molecule has 0 saturated heterocycles. The monoisotopic (exact) mass is 460 g/mol. The van der Waals surface area contributed by atoms with Crippen molar-refractivity contribution < 1.29 is 19.4 Å². The van der Waals surface area contributed by atoms with Gasteiger partial charge in [0.15, 0.2) is 11.5 Å². The normalized spacial score (nSPS) is 14.3. The first kappa shape index (κ1) is 21.2. The molecule has 1 heterocycles. The van der Waals surface area contributed by atoms with E-state index in [2.05, 4.69) is 48.5 Å². The summed E-state index contributed by atoms with van der Waals surface area (Å²) in [4.78, 5) is 13.3. The Morgan fingerprint density at radius 2 is 1.29 bits per heavy atom. The maximum absolute atomic E-state index is 13.3. The molecule has 1 aliphatic rings. The van der Waals surface area contributed by atoms with Gasteiger partial charge >= 0.3 is 5.97 Å². The molecule has 0 amide bonds. The van der Waals surface area contributed by atoms with E-state index < -0.39 is 17.3 Å². The molecule has 5 aromatic rings. The van der Waals surface area contributed by atoms with Crippen LogP contribution in [0.3, 0.4) is 0 Å². The Balaban J connectivity index is 1.70. The van der Waals surface area contributed by atoms with E-state index in [1.165, 1.54) is 0 Å². The molecule has 0 radical (unpaired) electrons. The third-order valence-electron chi connectivity index (χ3n) is 7.26. The van der Waals surface area contributed by atoms with Gasteiger partial charge in [-0.1, -0.05) is 91.0 Å². The summed E-state index contributed by atoms with van der Waals surface area (Å²) in [5.74, 6) is -0.169. The Morgan fingerprint density at radius 1 is 0.743 bits per heavy atom. The highest BCUT2D eigenvalue weighted by Gasteiger charge is 2.46.